The molecule has 2 aliphatic rings. The molecule has 0 bridgehead atoms. The molecule has 0 radical (unpaired) electrons. The second-order valence-corrected chi connectivity index (χ2v) is 6.17. The Balaban J connectivity index is 1.66. The Bertz CT molecular complexity index is 492. The van der Waals surface area contributed by atoms with Gasteiger partial charge in [-0.2, -0.15) is 0 Å². The number of amides is 1. The fourth-order valence-electron chi connectivity index (χ4n) is 3.50. The van der Waals surface area contributed by atoms with Gasteiger partial charge in [-0.25, -0.2) is 0 Å². The number of carbonyl (C=O) groups is 1. The SMILES string of the molecule is O=C1NCCc2ccc(C(O)CCC3CCCC3)cc21. The van der Waals surface area contributed by atoms with Crippen molar-refractivity contribution in [3.8, 4) is 0 Å². The van der Waals surface area contributed by atoms with Gasteiger partial charge < -0.3 is 10.4 Å². The van der Waals surface area contributed by atoms with Gasteiger partial charge in [0.15, 0.2) is 0 Å². The molecule has 3 heteroatoms. The smallest absolute Gasteiger partial charge is 0.251 e. The zero-order valence-corrected chi connectivity index (χ0v) is 11.9. The number of rotatable bonds is 4. The van der Waals surface area contributed by atoms with E-state index in [9.17, 15) is 9.90 Å². The largest absolute Gasteiger partial charge is 0.388 e. The van der Waals surface area contributed by atoms with Crippen LogP contribution in [0, 0.1) is 5.92 Å². The summed E-state index contributed by atoms with van der Waals surface area (Å²) in [5.74, 6) is 0.793. The average molecular weight is 273 g/mol. The van der Waals surface area contributed by atoms with Gasteiger partial charge in [-0.1, -0.05) is 37.8 Å². The molecule has 1 fully saturated rings. The molecule has 108 valence electrons. The lowest BCUT2D eigenvalue weighted by Gasteiger charge is -2.19. The topological polar surface area (TPSA) is 49.3 Å². The minimum Gasteiger partial charge on any atom is -0.388 e. The van der Waals surface area contributed by atoms with E-state index in [1.807, 2.05) is 18.2 Å². The van der Waals surface area contributed by atoms with E-state index in [2.05, 4.69) is 5.32 Å². The third kappa shape index (κ3) is 2.88. The van der Waals surface area contributed by atoms with Crippen LogP contribution in [0.3, 0.4) is 0 Å². The average Bonchev–Trinajstić information content (AvgIpc) is 2.98. The molecule has 1 heterocycles. The van der Waals surface area contributed by atoms with Gasteiger partial charge in [0.25, 0.3) is 5.91 Å². The molecule has 20 heavy (non-hydrogen) atoms. The van der Waals surface area contributed by atoms with Crippen molar-refractivity contribution in [1.82, 2.24) is 5.32 Å². The summed E-state index contributed by atoms with van der Waals surface area (Å²) in [7, 11) is 0. The fraction of sp³-hybridized carbons (Fsp3) is 0.588. The summed E-state index contributed by atoms with van der Waals surface area (Å²) in [5.41, 5.74) is 2.73. The molecule has 1 aliphatic heterocycles. The van der Waals surface area contributed by atoms with Gasteiger partial charge >= 0.3 is 0 Å². The van der Waals surface area contributed by atoms with Crippen LogP contribution in [-0.4, -0.2) is 17.6 Å². The number of nitrogens with one attached hydrogen (secondary N) is 1. The Kier molecular flexibility index (Phi) is 4.06. The van der Waals surface area contributed by atoms with Crippen LogP contribution in [0.4, 0.5) is 0 Å². The van der Waals surface area contributed by atoms with E-state index in [1.165, 1.54) is 25.7 Å². The van der Waals surface area contributed by atoms with Crippen molar-refractivity contribution in [3.05, 3.63) is 34.9 Å². The third-order valence-corrected chi connectivity index (χ3v) is 4.77. The summed E-state index contributed by atoms with van der Waals surface area (Å²) >= 11 is 0. The van der Waals surface area contributed by atoms with E-state index in [4.69, 9.17) is 0 Å². The van der Waals surface area contributed by atoms with Crippen molar-refractivity contribution in [2.45, 2.75) is 51.0 Å². The molecule has 1 unspecified atom stereocenters. The van der Waals surface area contributed by atoms with Crippen molar-refractivity contribution in [2.24, 2.45) is 5.92 Å². The molecular weight excluding hydrogens is 250 g/mol. The summed E-state index contributed by atoms with van der Waals surface area (Å²) < 4.78 is 0. The summed E-state index contributed by atoms with van der Waals surface area (Å²) in [6.07, 6.45) is 7.70. The molecule has 0 aromatic heterocycles. The monoisotopic (exact) mass is 273 g/mol. The first kappa shape index (κ1) is 13.6. The first-order chi connectivity index (χ1) is 9.74. The van der Waals surface area contributed by atoms with Gasteiger partial charge in [-0.05, 0) is 42.4 Å². The molecule has 0 saturated heterocycles. The van der Waals surface area contributed by atoms with Crippen molar-refractivity contribution in [2.75, 3.05) is 6.54 Å². The number of benzene rings is 1. The van der Waals surface area contributed by atoms with E-state index in [-0.39, 0.29) is 5.91 Å². The van der Waals surface area contributed by atoms with Crippen LogP contribution in [0.25, 0.3) is 0 Å². The second kappa shape index (κ2) is 5.96. The number of carbonyl (C=O) groups excluding carboxylic acids is 1. The maximum absolute atomic E-state index is 11.8. The van der Waals surface area contributed by atoms with Crippen molar-refractivity contribution >= 4 is 5.91 Å². The predicted molar refractivity (Wildman–Crippen MR) is 78.6 cm³/mol. The molecule has 1 aliphatic carbocycles. The Morgan fingerprint density at radius 3 is 2.90 bits per heavy atom. The lowest BCUT2D eigenvalue weighted by Crippen LogP contribution is -2.31. The molecule has 2 N–H and O–H groups in total. The highest BCUT2D eigenvalue weighted by Crippen LogP contribution is 2.32. The standard InChI is InChI=1S/C17H23NO2/c19-16(8-5-12-3-1-2-4-12)14-7-6-13-9-10-18-17(20)15(13)11-14/h6-7,11-12,16,19H,1-5,8-10H2,(H,18,20). The first-order valence-corrected chi connectivity index (χ1v) is 7.83. The van der Waals surface area contributed by atoms with Gasteiger partial charge in [0.1, 0.15) is 0 Å². The molecule has 3 nitrogen and oxygen atoms in total. The third-order valence-electron chi connectivity index (χ3n) is 4.77. The summed E-state index contributed by atoms with van der Waals surface area (Å²) in [4.78, 5) is 11.8. The highest BCUT2D eigenvalue weighted by molar-refractivity contribution is 5.96. The minimum absolute atomic E-state index is 0.00362. The summed E-state index contributed by atoms with van der Waals surface area (Å²) in [6.45, 7) is 0.718. The van der Waals surface area contributed by atoms with Gasteiger partial charge in [-0.15, -0.1) is 0 Å². The Morgan fingerprint density at radius 1 is 1.30 bits per heavy atom. The highest BCUT2D eigenvalue weighted by Gasteiger charge is 2.20. The van der Waals surface area contributed by atoms with E-state index in [0.717, 1.165) is 48.4 Å². The maximum atomic E-state index is 11.8. The number of aliphatic hydroxyl groups is 1. The van der Waals surface area contributed by atoms with Crippen LogP contribution in [-0.2, 0) is 6.42 Å². The maximum Gasteiger partial charge on any atom is 0.251 e. The molecule has 1 aromatic rings. The lowest BCUT2D eigenvalue weighted by atomic mass is 9.92. The summed E-state index contributed by atoms with van der Waals surface area (Å²) in [6, 6.07) is 5.86. The van der Waals surface area contributed by atoms with Crippen LogP contribution in [0.2, 0.25) is 0 Å². The molecule has 3 rings (SSSR count). The van der Waals surface area contributed by atoms with Crippen LogP contribution in [0.15, 0.2) is 18.2 Å². The normalized spacial score (nSPS) is 20.6. The Labute approximate surface area is 120 Å². The predicted octanol–water partition coefficient (Wildman–Crippen LogP) is 2.98. The molecule has 1 aromatic carbocycles. The number of aliphatic hydroxyl groups excluding tert-OH is 1. The van der Waals surface area contributed by atoms with Crippen molar-refractivity contribution in [1.29, 1.82) is 0 Å². The molecule has 1 atom stereocenters. The van der Waals surface area contributed by atoms with Gasteiger partial charge in [-0.3, -0.25) is 4.79 Å². The minimum atomic E-state index is -0.435. The van der Waals surface area contributed by atoms with Crippen LogP contribution >= 0.6 is 0 Å². The van der Waals surface area contributed by atoms with Crippen molar-refractivity contribution in [3.63, 3.8) is 0 Å². The highest BCUT2D eigenvalue weighted by atomic mass is 16.3. The van der Waals surface area contributed by atoms with E-state index >= 15 is 0 Å². The molecule has 0 spiro atoms. The van der Waals surface area contributed by atoms with E-state index in [0.29, 0.717) is 0 Å². The fourth-order valence-corrected chi connectivity index (χ4v) is 3.50. The van der Waals surface area contributed by atoms with Gasteiger partial charge in [0.2, 0.25) is 0 Å². The Morgan fingerprint density at radius 2 is 2.10 bits per heavy atom. The number of fused-ring (bicyclic) bond motifs is 1. The molecular formula is C17H23NO2. The zero-order valence-electron chi connectivity index (χ0n) is 11.9. The second-order valence-electron chi connectivity index (χ2n) is 6.17. The van der Waals surface area contributed by atoms with Gasteiger partial charge in [0.05, 0.1) is 6.10 Å². The molecule has 1 amide bonds. The van der Waals surface area contributed by atoms with Crippen LogP contribution in [0.1, 0.15) is 66.1 Å². The van der Waals surface area contributed by atoms with Crippen molar-refractivity contribution < 1.29 is 9.90 Å². The number of hydrogen-bond donors (Lipinski definition) is 2. The van der Waals surface area contributed by atoms with E-state index in [1.54, 1.807) is 0 Å². The molecule has 1 saturated carbocycles. The number of hydrogen-bond acceptors (Lipinski definition) is 2. The zero-order chi connectivity index (χ0) is 13.9. The van der Waals surface area contributed by atoms with Gasteiger partial charge in [0, 0.05) is 12.1 Å². The Hall–Kier alpha value is -1.35. The van der Waals surface area contributed by atoms with Crippen LogP contribution < -0.4 is 5.32 Å². The van der Waals surface area contributed by atoms with E-state index < -0.39 is 6.10 Å². The lowest BCUT2D eigenvalue weighted by molar-refractivity contribution is 0.0945. The first-order valence-electron chi connectivity index (χ1n) is 7.83. The summed E-state index contributed by atoms with van der Waals surface area (Å²) in [5, 5.41) is 13.2. The quantitative estimate of drug-likeness (QED) is 0.886. The van der Waals surface area contributed by atoms with Crippen LogP contribution in [0.5, 0.6) is 0 Å².